The summed E-state index contributed by atoms with van der Waals surface area (Å²) in [6.07, 6.45) is 4.86. The van der Waals surface area contributed by atoms with Crippen molar-refractivity contribution in [2.24, 2.45) is 11.8 Å². The van der Waals surface area contributed by atoms with E-state index >= 15 is 0 Å². The van der Waals surface area contributed by atoms with E-state index < -0.39 is 5.97 Å². The molecule has 0 radical (unpaired) electrons. The molecule has 9 heteroatoms. The number of rotatable bonds is 6. The number of hydrogen-bond acceptors (Lipinski definition) is 6. The minimum absolute atomic E-state index is 0.00397. The van der Waals surface area contributed by atoms with Crippen molar-refractivity contribution in [3.05, 3.63) is 41.4 Å². The van der Waals surface area contributed by atoms with E-state index in [4.69, 9.17) is 16.3 Å². The van der Waals surface area contributed by atoms with E-state index in [1.54, 1.807) is 4.90 Å². The number of hydrogen-bond donors (Lipinski definition) is 0. The van der Waals surface area contributed by atoms with E-state index in [0.717, 1.165) is 5.69 Å². The largest absolute Gasteiger partial charge is 0.456 e. The Kier molecular flexibility index (Phi) is 6.79. The number of allylic oxidation sites excluding steroid dienone is 2. The van der Waals surface area contributed by atoms with Crippen LogP contribution in [0.5, 0.6) is 0 Å². The number of esters is 1. The lowest BCUT2D eigenvalue weighted by atomic mass is 9.85. The van der Waals surface area contributed by atoms with E-state index in [9.17, 15) is 19.2 Å². The number of carbonyl (C=O) groups is 4. The second-order valence-corrected chi connectivity index (χ2v) is 8.68. The van der Waals surface area contributed by atoms with Crippen LogP contribution in [0.2, 0.25) is 5.02 Å². The lowest BCUT2D eigenvalue weighted by Gasteiger charge is -2.36. The predicted molar refractivity (Wildman–Crippen MR) is 118 cm³/mol. The van der Waals surface area contributed by atoms with Crippen LogP contribution in [-0.4, -0.2) is 72.8 Å². The van der Waals surface area contributed by atoms with Crippen LogP contribution in [0.15, 0.2) is 36.4 Å². The number of carbonyl (C=O) groups excluding carboxylic acids is 4. The molecule has 8 nitrogen and oxygen atoms in total. The molecule has 1 aromatic carbocycles. The Hall–Kier alpha value is -2.87. The molecule has 2 atom stereocenters. The molecule has 1 aromatic rings. The highest BCUT2D eigenvalue weighted by Gasteiger charge is 2.46. The molecule has 0 aromatic heterocycles. The maximum absolute atomic E-state index is 12.4. The van der Waals surface area contributed by atoms with E-state index in [1.807, 2.05) is 36.4 Å². The van der Waals surface area contributed by atoms with Crippen LogP contribution < -0.4 is 4.90 Å². The molecule has 2 fully saturated rings. The smallest absolute Gasteiger partial charge is 0.308 e. The van der Waals surface area contributed by atoms with Gasteiger partial charge in [-0.1, -0.05) is 29.8 Å². The number of imide groups is 1. The lowest BCUT2D eigenvalue weighted by Crippen LogP contribution is -2.50. The van der Waals surface area contributed by atoms with Gasteiger partial charge in [0.25, 0.3) is 5.91 Å². The average molecular weight is 460 g/mol. The normalized spacial score (nSPS) is 22.8. The van der Waals surface area contributed by atoms with Crippen molar-refractivity contribution >= 4 is 41.0 Å². The highest BCUT2D eigenvalue weighted by molar-refractivity contribution is 6.30. The number of halogens is 1. The first kappa shape index (κ1) is 22.3. The van der Waals surface area contributed by atoms with Gasteiger partial charge < -0.3 is 14.5 Å². The number of ether oxygens (including phenoxy) is 1. The first-order valence-corrected chi connectivity index (χ1v) is 11.3. The fraction of sp³-hybridized carbons (Fsp3) is 0.478. The number of benzene rings is 1. The molecule has 0 unspecified atom stereocenters. The molecule has 3 aliphatic rings. The maximum Gasteiger partial charge on any atom is 0.308 e. The van der Waals surface area contributed by atoms with Crippen molar-refractivity contribution in [3.8, 4) is 0 Å². The third-order valence-corrected chi connectivity index (χ3v) is 6.54. The first-order valence-electron chi connectivity index (χ1n) is 10.9. The van der Waals surface area contributed by atoms with Crippen LogP contribution in [-0.2, 0) is 23.9 Å². The quantitative estimate of drug-likeness (QED) is 0.366. The SMILES string of the molecule is O=C(CCN1C(=O)[C@H]2CC=CC[C@@H]2C1=O)OCC(=O)N1CCN(c2cccc(Cl)c2)CC1. The average Bonchev–Trinajstić information content (AvgIpc) is 3.06. The van der Waals surface area contributed by atoms with E-state index in [-0.39, 0.29) is 49.1 Å². The summed E-state index contributed by atoms with van der Waals surface area (Å²) in [5, 5.41) is 0.667. The van der Waals surface area contributed by atoms with Gasteiger partial charge in [-0.15, -0.1) is 0 Å². The highest BCUT2D eigenvalue weighted by Crippen LogP contribution is 2.35. The zero-order valence-corrected chi connectivity index (χ0v) is 18.5. The minimum Gasteiger partial charge on any atom is -0.456 e. The number of piperazine rings is 1. The Labute approximate surface area is 191 Å². The fourth-order valence-corrected chi connectivity index (χ4v) is 4.67. The molecule has 4 rings (SSSR count). The molecule has 3 amide bonds. The molecule has 32 heavy (non-hydrogen) atoms. The van der Waals surface area contributed by atoms with Gasteiger partial charge in [-0.05, 0) is 31.0 Å². The van der Waals surface area contributed by atoms with Crippen LogP contribution in [0.25, 0.3) is 0 Å². The topological polar surface area (TPSA) is 87.2 Å². The standard InChI is InChI=1S/C23H26ClN3O5/c24-16-4-3-5-17(14-16)25-10-12-26(13-11-25)20(28)15-32-21(29)8-9-27-22(30)18-6-1-2-7-19(18)23(27)31/h1-5,14,18-19H,6-13,15H2/t18-,19-/m0/s1. The number of anilines is 1. The van der Waals surface area contributed by atoms with Crippen LogP contribution in [0.1, 0.15) is 19.3 Å². The van der Waals surface area contributed by atoms with Gasteiger partial charge in [-0.3, -0.25) is 24.1 Å². The van der Waals surface area contributed by atoms with Gasteiger partial charge in [0.1, 0.15) is 0 Å². The summed E-state index contributed by atoms with van der Waals surface area (Å²) in [5.41, 5.74) is 1.01. The molecule has 0 N–H and O–H groups in total. The summed E-state index contributed by atoms with van der Waals surface area (Å²) in [7, 11) is 0. The Morgan fingerprint density at radius 2 is 1.66 bits per heavy atom. The van der Waals surface area contributed by atoms with Gasteiger partial charge in [0.05, 0.1) is 18.3 Å². The fourth-order valence-electron chi connectivity index (χ4n) is 4.49. The molecular formula is C23H26ClN3O5. The second-order valence-electron chi connectivity index (χ2n) is 8.24. The number of amides is 3. The number of nitrogens with zero attached hydrogens (tertiary/aromatic N) is 3. The molecule has 170 valence electrons. The third-order valence-electron chi connectivity index (χ3n) is 6.30. The molecule has 0 spiro atoms. The highest BCUT2D eigenvalue weighted by atomic mass is 35.5. The summed E-state index contributed by atoms with van der Waals surface area (Å²) in [5.74, 6) is -1.90. The summed E-state index contributed by atoms with van der Waals surface area (Å²) in [6.45, 7) is 2.03. The van der Waals surface area contributed by atoms with Gasteiger partial charge >= 0.3 is 5.97 Å². The Balaban J connectivity index is 1.18. The first-order chi connectivity index (χ1) is 15.4. The van der Waals surface area contributed by atoms with E-state index in [0.29, 0.717) is 44.0 Å². The van der Waals surface area contributed by atoms with Gasteiger partial charge in [0, 0.05) is 43.4 Å². The minimum atomic E-state index is -0.593. The number of fused-ring (bicyclic) bond motifs is 1. The maximum atomic E-state index is 12.4. The van der Waals surface area contributed by atoms with Crippen molar-refractivity contribution < 1.29 is 23.9 Å². The Morgan fingerprint density at radius 3 is 2.28 bits per heavy atom. The monoisotopic (exact) mass is 459 g/mol. The third kappa shape index (κ3) is 4.80. The van der Waals surface area contributed by atoms with Crippen molar-refractivity contribution in [1.82, 2.24) is 9.80 Å². The zero-order valence-electron chi connectivity index (χ0n) is 17.7. The van der Waals surface area contributed by atoms with Gasteiger partial charge in [0.2, 0.25) is 11.8 Å². The van der Waals surface area contributed by atoms with Crippen LogP contribution in [0.3, 0.4) is 0 Å². The second kappa shape index (κ2) is 9.73. The summed E-state index contributed by atoms with van der Waals surface area (Å²) < 4.78 is 5.11. The summed E-state index contributed by atoms with van der Waals surface area (Å²) in [4.78, 5) is 54.4. The zero-order chi connectivity index (χ0) is 22.7. The lowest BCUT2D eigenvalue weighted by molar-refractivity contribution is -0.153. The van der Waals surface area contributed by atoms with E-state index in [2.05, 4.69) is 4.90 Å². The molecule has 2 saturated heterocycles. The van der Waals surface area contributed by atoms with Crippen molar-refractivity contribution in [1.29, 1.82) is 0 Å². The van der Waals surface area contributed by atoms with Crippen molar-refractivity contribution in [2.75, 3.05) is 44.2 Å². The predicted octanol–water partition coefficient (Wildman–Crippen LogP) is 1.87. The Morgan fingerprint density at radius 1 is 1.00 bits per heavy atom. The van der Waals surface area contributed by atoms with Crippen molar-refractivity contribution in [2.45, 2.75) is 19.3 Å². The van der Waals surface area contributed by atoms with Crippen molar-refractivity contribution in [3.63, 3.8) is 0 Å². The molecule has 2 heterocycles. The van der Waals surface area contributed by atoms with Gasteiger partial charge in [-0.25, -0.2) is 0 Å². The number of likely N-dealkylation sites (tertiary alicyclic amines) is 1. The van der Waals surface area contributed by atoms with Gasteiger partial charge in [-0.2, -0.15) is 0 Å². The van der Waals surface area contributed by atoms with Crippen LogP contribution in [0, 0.1) is 11.8 Å². The molecule has 2 aliphatic heterocycles. The van der Waals surface area contributed by atoms with Gasteiger partial charge in [0.15, 0.2) is 6.61 Å². The molecule has 1 aliphatic carbocycles. The molecular weight excluding hydrogens is 434 g/mol. The molecule has 0 bridgehead atoms. The molecule has 0 saturated carbocycles. The van der Waals surface area contributed by atoms with Crippen LogP contribution in [0.4, 0.5) is 5.69 Å². The Bertz CT molecular complexity index is 915. The summed E-state index contributed by atoms with van der Waals surface area (Å²) in [6, 6.07) is 7.58. The summed E-state index contributed by atoms with van der Waals surface area (Å²) >= 11 is 6.05. The van der Waals surface area contributed by atoms with Crippen LogP contribution >= 0.6 is 11.6 Å². The van der Waals surface area contributed by atoms with E-state index in [1.165, 1.54) is 4.90 Å².